The molecule has 182 valence electrons. The maximum atomic E-state index is 12.6. The van der Waals surface area contributed by atoms with Gasteiger partial charge in [0, 0.05) is 28.3 Å². The number of hydrogen-bond donors (Lipinski definition) is 1. The smallest absolute Gasteiger partial charge is 0.271 e. The normalized spacial score (nSPS) is 10.7. The van der Waals surface area contributed by atoms with Crippen molar-refractivity contribution < 1.29 is 23.9 Å². The van der Waals surface area contributed by atoms with E-state index in [9.17, 15) is 14.9 Å². The first kappa shape index (κ1) is 25.5. The molecule has 0 heterocycles. The van der Waals surface area contributed by atoms with E-state index in [1.54, 1.807) is 48.5 Å². The molecule has 3 aromatic carbocycles. The number of hydrazone groups is 1. The Bertz CT molecular complexity index is 1210. The highest BCUT2D eigenvalue weighted by Crippen LogP contribution is 2.28. The summed E-state index contributed by atoms with van der Waals surface area (Å²) in [6.45, 7) is 4.80. The second kappa shape index (κ2) is 12.4. The first-order valence-electron chi connectivity index (χ1n) is 10.8. The van der Waals surface area contributed by atoms with Gasteiger partial charge in [0.2, 0.25) is 0 Å². The van der Waals surface area contributed by atoms with Crippen molar-refractivity contribution in [3.05, 3.63) is 92.5 Å². The molecule has 0 aliphatic heterocycles. The molecule has 0 radical (unpaired) electrons. The Hall–Kier alpha value is -4.11. The number of hydrogen-bond acceptors (Lipinski definition) is 7. The largest absolute Gasteiger partial charge is 0.490 e. The van der Waals surface area contributed by atoms with Gasteiger partial charge in [-0.05, 0) is 67.9 Å². The summed E-state index contributed by atoms with van der Waals surface area (Å²) >= 11 is 6.11. The lowest BCUT2D eigenvalue weighted by molar-refractivity contribution is -0.384. The minimum absolute atomic E-state index is 0.00436. The Kier molecular flexibility index (Phi) is 9.02. The summed E-state index contributed by atoms with van der Waals surface area (Å²) in [6, 6.07) is 15.9. The molecule has 35 heavy (non-hydrogen) atoms. The molecule has 9 nitrogen and oxygen atoms in total. The number of nitrogens with one attached hydrogen (secondary N) is 1. The van der Waals surface area contributed by atoms with E-state index < -0.39 is 10.8 Å². The van der Waals surface area contributed by atoms with Gasteiger partial charge in [0.15, 0.2) is 11.5 Å². The highest BCUT2D eigenvalue weighted by Gasteiger charge is 2.12. The Morgan fingerprint density at radius 3 is 2.34 bits per heavy atom. The predicted octanol–water partition coefficient (Wildman–Crippen LogP) is 5.39. The van der Waals surface area contributed by atoms with Gasteiger partial charge in [-0.2, -0.15) is 5.10 Å². The first-order chi connectivity index (χ1) is 16.9. The summed E-state index contributed by atoms with van der Waals surface area (Å²) in [4.78, 5) is 22.9. The molecule has 3 rings (SSSR count). The summed E-state index contributed by atoms with van der Waals surface area (Å²) in [5.41, 5.74) is 4.13. The number of halogens is 1. The summed E-state index contributed by atoms with van der Waals surface area (Å²) in [5, 5.41) is 15.3. The third-order valence-corrected chi connectivity index (χ3v) is 4.92. The number of nitro groups is 1. The van der Waals surface area contributed by atoms with Crippen LogP contribution in [0.15, 0.2) is 65.8 Å². The standard InChI is InChI=1S/C25H24ClN3O6/c1-3-33-23-11-7-18(14-24(23)34-4-2)25(30)28-27-15-19-13-20(26)8-12-22(19)35-16-17-5-9-21(10-6-17)29(31)32/h5-15H,3-4,16H2,1-2H3,(H,28,30)/b27-15+. The number of nitrogens with zero attached hydrogens (tertiary/aromatic N) is 2. The van der Waals surface area contributed by atoms with Gasteiger partial charge in [0.1, 0.15) is 12.4 Å². The molecular formula is C25H24ClN3O6. The molecule has 0 aromatic heterocycles. The summed E-state index contributed by atoms with van der Waals surface area (Å²) in [6.07, 6.45) is 1.42. The predicted molar refractivity (Wildman–Crippen MR) is 133 cm³/mol. The molecule has 0 spiro atoms. The van der Waals surface area contributed by atoms with Crippen LogP contribution in [0.3, 0.4) is 0 Å². The van der Waals surface area contributed by atoms with Gasteiger partial charge in [-0.1, -0.05) is 11.6 Å². The van der Waals surface area contributed by atoms with Crippen molar-refractivity contribution in [2.75, 3.05) is 13.2 Å². The second-order valence-electron chi connectivity index (χ2n) is 7.12. The lowest BCUT2D eigenvalue weighted by atomic mass is 10.2. The van der Waals surface area contributed by atoms with Gasteiger partial charge in [-0.15, -0.1) is 0 Å². The third kappa shape index (κ3) is 7.18. The molecule has 0 atom stereocenters. The third-order valence-electron chi connectivity index (χ3n) is 4.69. The quantitative estimate of drug-likeness (QED) is 0.216. The van der Waals surface area contributed by atoms with Crippen LogP contribution in [0, 0.1) is 10.1 Å². The number of benzene rings is 3. The monoisotopic (exact) mass is 497 g/mol. The Balaban J connectivity index is 1.68. The number of non-ortho nitro benzene ring substituents is 1. The van der Waals surface area contributed by atoms with Crippen molar-refractivity contribution in [1.82, 2.24) is 5.43 Å². The molecule has 0 unspecified atom stereocenters. The minimum Gasteiger partial charge on any atom is -0.490 e. The highest BCUT2D eigenvalue weighted by molar-refractivity contribution is 6.30. The Morgan fingerprint density at radius 2 is 1.66 bits per heavy atom. The molecule has 1 amide bonds. The molecule has 0 saturated heterocycles. The summed E-state index contributed by atoms with van der Waals surface area (Å²) in [7, 11) is 0. The van der Waals surface area contributed by atoms with Crippen LogP contribution >= 0.6 is 11.6 Å². The molecule has 0 fully saturated rings. The molecule has 3 aromatic rings. The van der Waals surface area contributed by atoms with E-state index in [1.807, 2.05) is 13.8 Å². The van der Waals surface area contributed by atoms with Gasteiger partial charge in [0.25, 0.3) is 11.6 Å². The van der Waals surface area contributed by atoms with Gasteiger partial charge >= 0.3 is 0 Å². The maximum Gasteiger partial charge on any atom is 0.271 e. The van der Waals surface area contributed by atoms with E-state index in [0.29, 0.717) is 46.6 Å². The van der Waals surface area contributed by atoms with E-state index in [4.69, 9.17) is 25.8 Å². The van der Waals surface area contributed by atoms with Crippen molar-refractivity contribution in [3.63, 3.8) is 0 Å². The number of carbonyl (C=O) groups excluding carboxylic acids is 1. The fourth-order valence-electron chi connectivity index (χ4n) is 3.04. The van der Waals surface area contributed by atoms with Gasteiger partial charge in [-0.25, -0.2) is 5.43 Å². The van der Waals surface area contributed by atoms with Crippen LogP contribution in [0.25, 0.3) is 0 Å². The number of amides is 1. The summed E-state index contributed by atoms with van der Waals surface area (Å²) in [5.74, 6) is 1.08. The van der Waals surface area contributed by atoms with E-state index in [1.165, 1.54) is 18.3 Å². The van der Waals surface area contributed by atoms with Crippen LogP contribution in [0.4, 0.5) is 5.69 Å². The Labute approximate surface area is 207 Å². The van der Waals surface area contributed by atoms with E-state index in [2.05, 4.69) is 10.5 Å². The van der Waals surface area contributed by atoms with E-state index in [0.717, 1.165) is 5.56 Å². The average molecular weight is 498 g/mol. The zero-order chi connectivity index (χ0) is 25.2. The molecule has 0 saturated carbocycles. The summed E-state index contributed by atoms with van der Waals surface area (Å²) < 4.78 is 16.9. The first-order valence-corrected chi connectivity index (χ1v) is 11.2. The lowest BCUT2D eigenvalue weighted by Gasteiger charge is -2.12. The molecular weight excluding hydrogens is 474 g/mol. The fourth-order valence-corrected chi connectivity index (χ4v) is 3.22. The fraction of sp³-hybridized carbons (Fsp3) is 0.200. The van der Waals surface area contributed by atoms with Crippen molar-refractivity contribution in [1.29, 1.82) is 0 Å². The molecule has 10 heteroatoms. The van der Waals surface area contributed by atoms with Crippen LogP contribution in [0.5, 0.6) is 17.2 Å². The highest BCUT2D eigenvalue weighted by atomic mass is 35.5. The van der Waals surface area contributed by atoms with Gasteiger partial charge < -0.3 is 14.2 Å². The van der Waals surface area contributed by atoms with Crippen molar-refractivity contribution >= 4 is 29.4 Å². The van der Waals surface area contributed by atoms with Crippen LogP contribution in [0.1, 0.15) is 35.3 Å². The maximum absolute atomic E-state index is 12.6. The molecule has 0 aliphatic carbocycles. The van der Waals surface area contributed by atoms with Gasteiger partial charge in [0.05, 0.1) is 24.4 Å². The zero-order valence-electron chi connectivity index (χ0n) is 19.2. The average Bonchev–Trinajstić information content (AvgIpc) is 2.85. The van der Waals surface area contributed by atoms with Gasteiger partial charge in [-0.3, -0.25) is 14.9 Å². The van der Waals surface area contributed by atoms with Crippen molar-refractivity contribution in [3.8, 4) is 17.2 Å². The Morgan fingerprint density at radius 1 is 0.971 bits per heavy atom. The van der Waals surface area contributed by atoms with Crippen LogP contribution in [0.2, 0.25) is 5.02 Å². The number of ether oxygens (including phenoxy) is 3. The number of carbonyl (C=O) groups is 1. The van der Waals surface area contributed by atoms with Crippen LogP contribution < -0.4 is 19.6 Å². The number of nitro benzene ring substituents is 1. The van der Waals surface area contributed by atoms with Crippen molar-refractivity contribution in [2.24, 2.45) is 5.10 Å². The topological polar surface area (TPSA) is 112 Å². The minimum atomic E-state index is -0.461. The van der Waals surface area contributed by atoms with E-state index >= 15 is 0 Å². The zero-order valence-corrected chi connectivity index (χ0v) is 19.9. The molecule has 0 aliphatic rings. The van der Waals surface area contributed by atoms with Crippen LogP contribution in [-0.4, -0.2) is 30.3 Å². The van der Waals surface area contributed by atoms with Crippen LogP contribution in [-0.2, 0) is 6.61 Å². The second-order valence-corrected chi connectivity index (χ2v) is 7.56. The lowest BCUT2D eigenvalue weighted by Crippen LogP contribution is -2.18. The molecule has 0 bridgehead atoms. The number of rotatable bonds is 11. The SMILES string of the molecule is CCOc1ccc(C(=O)N/N=C/c2cc(Cl)ccc2OCc2ccc([N+](=O)[O-])cc2)cc1OCC. The molecule has 1 N–H and O–H groups in total. The van der Waals surface area contributed by atoms with Crippen molar-refractivity contribution in [2.45, 2.75) is 20.5 Å². The van der Waals surface area contributed by atoms with E-state index in [-0.39, 0.29) is 12.3 Å².